The lowest BCUT2D eigenvalue weighted by Crippen LogP contribution is -2.58. The van der Waals surface area contributed by atoms with Gasteiger partial charge < -0.3 is 25.8 Å². The van der Waals surface area contributed by atoms with Crippen molar-refractivity contribution in [2.75, 3.05) is 7.11 Å². The summed E-state index contributed by atoms with van der Waals surface area (Å²) in [6, 6.07) is 28.0. The molecule has 4 aromatic carbocycles. The van der Waals surface area contributed by atoms with Crippen molar-refractivity contribution in [1.82, 2.24) is 20.7 Å². The topological polar surface area (TPSA) is 163 Å². The van der Waals surface area contributed by atoms with E-state index in [0.29, 0.717) is 16.9 Å². The summed E-state index contributed by atoms with van der Waals surface area (Å²) >= 11 is 0. The van der Waals surface area contributed by atoms with Crippen molar-refractivity contribution in [3.63, 3.8) is 0 Å². The van der Waals surface area contributed by atoms with Crippen molar-refractivity contribution >= 4 is 27.7 Å². The van der Waals surface area contributed by atoms with E-state index in [1.165, 1.54) is 20.1 Å². The van der Waals surface area contributed by atoms with E-state index in [1.54, 1.807) is 49.4 Å². The molecule has 0 saturated heterocycles. The highest BCUT2D eigenvalue weighted by Crippen LogP contribution is 2.16. The standard InChI is InChI=1S/C37H42N4O7S/c1-25-12-10-11-17-33(25)49(46,47)41-26(2)35(43)40-32(23-28-18-20-30(48-3)21-19-28)36(44)39-31(22-27-13-6-4-7-14-27)34(42)37(45)38-24-29-15-8-5-9-16-29/h4-21,26,31-32,34,41-42H,22-24H2,1-3H3,(H,38,45)(H,39,44)(H,40,43). The minimum absolute atomic E-state index is 0.0210. The smallest absolute Gasteiger partial charge is 0.251 e. The SMILES string of the molecule is COc1ccc(CC(NC(=O)C(C)NS(=O)(=O)c2ccccc2C)C(=O)NC(Cc2ccccc2)C(O)C(=O)NCc2ccccc2)cc1. The summed E-state index contributed by atoms with van der Waals surface area (Å²) in [5, 5.41) is 19.4. The van der Waals surface area contributed by atoms with Gasteiger partial charge in [0.15, 0.2) is 6.10 Å². The first-order valence-electron chi connectivity index (χ1n) is 15.8. The van der Waals surface area contributed by atoms with Gasteiger partial charge in [-0.15, -0.1) is 0 Å². The van der Waals surface area contributed by atoms with Gasteiger partial charge >= 0.3 is 0 Å². The van der Waals surface area contributed by atoms with Crippen molar-refractivity contribution in [3.05, 3.63) is 131 Å². The van der Waals surface area contributed by atoms with Gasteiger partial charge in [0, 0.05) is 13.0 Å². The quantitative estimate of drug-likeness (QED) is 0.121. The van der Waals surface area contributed by atoms with Gasteiger partial charge in [0.1, 0.15) is 11.8 Å². The lowest BCUT2D eigenvalue weighted by atomic mass is 9.98. The molecule has 4 atom stereocenters. The monoisotopic (exact) mass is 686 g/mol. The maximum absolute atomic E-state index is 14.0. The summed E-state index contributed by atoms with van der Waals surface area (Å²) in [6.07, 6.45) is -1.50. The minimum Gasteiger partial charge on any atom is -0.497 e. The molecule has 3 amide bonds. The molecule has 258 valence electrons. The number of ether oxygens (including phenoxy) is 1. The molecule has 4 rings (SSSR count). The molecule has 49 heavy (non-hydrogen) atoms. The van der Waals surface area contributed by atoms with Gasteiger partial charge in [-0.2, -0.15) is 4.72 Å². The van der Waals surface area contributed by atoms with E-state index in [1.807, 2.05) is 60.7 Å². The zero-order valence-electron chi connectivity index (χ0n) is 27.6. The number of sulfonamides is 1. The maximum atomic E-state index is 14.0. The number of nitrogens with one attached hydrogen (secondary N) is 4. The van der Waals surface area contributed by atoms with Crippen LogP contribution in [0.2, 0.25) is 0 Å². The number of carbonyl (C=O) groups is 3. The molecular formula is C37H42N4O7S. The molecule has 0 spiro atoms. The summed E-state index contributed by atoms with van der Waals surface area (Å²) in [4.78, 5) is 40.6. The molecule has 0 saturated carbocycles. The molecule has 4 aromatic rings. The van der Waals surface area contributed by atoms with E-state index in [9.17, 15) is 27.9 Å². The maximum Gasteiger partial charge on any atom is 0.251 e. The number of carbonyl (C=O) groups excluding carboxylic acids is 3. The fourth-order valence-corrected chi connectivity index (χ4v) is 6.63. The third-order valence-electron chi connectivity index (χ3n) is 7.93. The molecule has 5 N–H and O–H groups in total. The second-order valence-corrected chi connectivity index (χ2v) is 13.4. The fraction of sp³-hybridized carbons (Fsp3) is 0.270. The molecule has 0 bridgehead atoms. The average molecular weight is 687 g/mol. The molecule has 0 heterocycles. The number of amides is 3. The van der Waals surface area contributed by atoms with Crippen LogP contribution in [-0.2, 0) is 43.8 Å². The van der Waals surface area contributed by atoms with Gasteiger partial charge in [-0.05, 0) is 60.7 Å². The molecule has 4 unspecified atom stereocenters. The molecule has 0 fully saturated rings. The molecular weight excluding hydrogens is 644 g/mol. The predicted molar refractivity (Wildman–Crippen MR) is 186 cm³/mol. The Hall–Kier alpha value is -5.04. The lowest BCUT2D eigenvalue weighted by molar-refractivity contribution is -0.134. The Morgan fingerprint density at radius 2 is 1.29 bits per heavy atom. The van der Waals surface area contributed by atoms with Crippen LogP contribution in [0.4, 0.5) is 0 Å². The number of hydrogen-bond acceptors (Lipinski definition) is 7. The van der Waals surface area contributed by atoms with E-state index >= 15 is 0 Å². The van der Waals surface area contributed by atoms with Gasteiger partial charge in [-0.25, -0.2) is 8.42 Å². The first-order valence-corrected chi connectivity index (χ1v) is 17.3. The highest BCUT2D eigenvalue weighted by molar-refractivity contribution is 7.89. The summed E-state index contributed by atoms with van der Waals surface area (Å²) in [5.41, 5.74) is 2.78. The Morgan fingerprint density at radius 3 is 1.90 bits per heavy atom. The third-order valence-corrected chi connectivity index (χ3v) is 9.63. The first kappa shape index (κ1) is 36.8. The Bertz CT molecular complexity index is 1800. The average Bonchev–Trinajstić information content (AvgIpc) is 3.10. The zero-order chi connectivity index (χ0) is 35.4. The number of aliphatic hydroxyl groups is 1. The molecule has 0 aliphatic rings. The van der Waals surface area contributed by atoms with Crippen molar-refractivity contribution in [1.29, 1.82) is 0 Å². The van der Waals surface area contributed by atoms with Crippen LogP contribution in [0.1, 0.15) is 29.2 Å². The summed E-state index contributed by atoms with van der Waals surface area (Å²) < 4.78 is 33.8. The van der Waals surface area contributed by atoms with E-state index in [2.05, 4.69) is 20.7 Å². The summed E-state index contributed by atoms with van der Waals surface area (Å²) in [7, 11) is -2.53. The van der Waals surface area contributed by atoms with Crippen LogP contribution in [0.3, 0.4) is 0 Å². The Kier molecular flexibility index (Phi) is 13.1. The van der Waals surface area contributed by atoms with E-state index in [4.69, 9.17) is 4.74 Å². The second-order valence-electron chi connectivity index (χ2n) is 11.7. The molecule has 12 heteroatoms. The number of aryl methyl sites for hydroxylation is 1. The second kappa shape index (κ2) is 17.4. The number of rotatable bonds is 16. The molecule has 11 nitrogen and oxygen atoms in total. The van der Waals surface area contributed by atoms with Crippen LogP contribution in [-0.4, -0.2) is 62.6 Å². The van der Waals surface area contributed by atoms with Crippen LogP contribution in [0, 0.1) is 6.92 Å². The van der Waals surface area contributed by atoms with Crippen molar-refractivity contribution in [3.8, 4) is 5.75 Å². The highest BCUT2D eigenvalue weighted by Gasteiger charge is 2.32. The van der Waals surface area contributed by atoms with Gasteiger partial charge in [0.25, 0.3) is 5.91 Å². The highest BCUT2D eigenvalue weighted by atomic mass is 32.2. The number of aliphatic hydroxyl groups excluding tert-OH is 1. The van der Waals surface area contributed by atoms with Crippen LogP contribution in [0.5, 0.6) is 5.75 Å². The third kappa shape index (κ3) is 10.7. The van der Waals surface area contributed by atoms with E-state index in [0.717, 1.165) is 11.1 Å². The van der Waals surface area contributed by atoms with Crippen LogP contribution in [0.15, 0.2) is 114 Å². The van der Waals surface area contributed by atoms with Gasteiger partial charge in [0.05, 0.1) is 24.1 Å². The number of hydrogen-bond donors (Lipinski definition) is 5. The normalized spacial score (nSPS) is 13.7. The van der Waals surface area contributed by atoms with Crippen LogP contribution >= 0.6 is 0 Å². The first-order chi connectivity index (χ1) is 23.5. The van der Waals surface area contributed by atoms with E-state index < -0.39 is 52.0 Å². The van der Waals surface area contributed by atoms with Crippen molar-refractivity contribution in [2.45, 2.75) is 62.4 Å². The van der Waals surface area contributed by atoms with Crippen molar-refractivity contribution < 1.29 is 32.6 Å². The fourth-order valence-electron chi connectivity index (χ4n) is 5.18. The minimum atomic E-state index is -4.06. The number of methoxy groups -OCH3 is 1. The van der Waals surface area contributed by atoms with Crippen LogP contribution < -0.4 is 25.4 Å². The Morgan fingerprint density at radius 1 is 0.714 bits per heavy atom. The van der Waals surface area contributed by atoms with E-state index in [-0.39, 0.29) is 24.3 Å². The molecule has 0 aromatic heterocycles. The molecule has 0 aliphatic heterocycles. The van der Waals surface area contributed by atoms with Gasteiger partial charge in [-0.1, -0.05) is 91.0 Å². The molecule has 0 aliphatic carbocycles. The van der Waals surface area contributed by atoms with Crippen molar-refractivity contribution in [2.24, 2.45) is 0 Å². The summed E-state index contributed by atoms with van der Waals surface area (Å²) in [6.45, 7) is 3.21. The Labute approximate surface area is 287 Å². The summed E-state index contributed by atoms with van der Waals surface area (Å²) in [5.74, 6) is -1.50. The van der Waals surface area contributed by atoms with Crippen LogP contribution in [0.25, 0.3) is 0 Å². The number of benzene rings is 4. The molecule has 0 radical (unpaired) electrons. The Balaban J connectivity index is 1.55. The van der Waals surface area contributed by atoms with Gasteiger partial charge in [0.2, 0.25) is 21.8 Å². The lowest BCUT2D eigenvalue weighted by Gasteiger charge is -2.27. The largest absolute Gasteiger partial charge is 0.497 e. The zero-order valence-corrected chi connectivity index (χ0v) is 28.4. The predicted octanol–water partition coefficient (Wildman–Crippen LogP) is 2.80. The van der Waals surface area contributed by atoms with Gasteiger partial charge in [-0.3, -0.25) is 14.4 Å².